The van der Waals surface area contributed by atoms with Crippen LogP contribution >= 0.6 is 11.8 Å². The molecule has 0 radical (unpaired) electrons. The molecule has 7 rings (SSSR count). The smallest absolute Gasteiger partial charge is 0.231 e. The lowest BCUT2D eigenvalue weighted by Crippen LogP contribution is -2.64. The number of nitrogens with zero attached hydrogens (tertiary/aromatic N) is 1. The maximum Gasteiger partial charge on any atom is 0.231 e. The van der Waals surface area contributed by atoms with Crippen molar-refractivity contribution in [2.24, 2.45) is 22.9 Å². The van der Waals surface area contributed by atoms with E-state index < -0.39 is 11.4 Å². The number of aliphatic hydroxyl groups excluding tert-OH is 2. The zero-order valence-electron chi connectivity index (χ0n) is 34.7. The van der Waals surface area contributed by atoms with Crippen LogP contribution in [0.4, 0.5) is 5.69 Å². The molecule has 1 fully saturated rings. The average molecular weight is 819 g/mol. The fraction of sp³-hybridized carbons (Fsp3) is 0.429. The molecular weight excluding hydrogens is 761 g/mol. The van der Waals surface area contributed by atoms with Crippen molar-refractivity contribution in [1.29, 1.82) is 0 Å². The molecule has 6 atom stereocenters. The van der Waals surface area contributed by atoms with Crippen molar-refractivity contribution in [2.45, 2.75) is 100 Å². The number of nitrogens with one attached hydrogen (secondary N) is 1. The van der Waals surface area contributed by atoms with E-state index in [1.165, 1.54) is 6.92 Å². The molecule has 4 aromatic rings. The van der Waals surface area contributed by atoms with Gasteiger partial charge in [0.25, 0.3) is 0 Å². The summed E-state index contributed by atoms with van der Waals surface area (Å²) in [6, 6.07) is 28.4. The maximum atomic E-state index is 11.8. The first-order valence-electron chi connectivity index (χ1n) is 21.0. The van der Waals surface area contributed by atoms with E-state index in [9.17, 15) is 15.0 Å². The largest absolute Gasteiger partial charge is 0.460 e. The molecule has 3 aliphatic rings. The summed E-state index contributed by atoms with van der Waals surface area (Å²) in [7, 11) is 0. The number of rotatable bonds is 17. The first-order chi connectivity index (χ1) is 28.5. The lowest BCUT2D eigenvalue weighted by Gasteiger charge is -2.58. The molecule has 0 aromatic heterocycles. The summed E-state index contributed by atoms with van der Waals surface area (Å²) in [6.45, 7) is 12.1. The van der Waals surface area contributed by atoms with Crippen molar-refractivity contribution in [2.75, 3.05) is 25.1 Å². The van der Waals surface area contributed by atoms with Gasteiger partial charge in [0.05, 0.1) is 23.5 Å². The Bertz CT molecular complexity index is 2160. The van der Waals surface area contributed by atoms with Gasteiger partial charge in [-0.1, -0.05) is 60.5 Å². The number of hydrogen-bond acceptors (Lipinski definition) is 9. The summed E-state index contributed by atoms with van der Waals surface area (Å²) in [6.07, 6.45) is 9.65. The summed E-state index contributed by atoms with van der Waals surface area (Å²) in [5, 5.41) is 29.6. The number of amides is 1. The van der Waals surface area contributed by atoms with Crippen LogP contribution in [0.15, 0.2) is 119 Å². The van der Waals surface area contributed by atoms with Crippen LogP contribution in [0.2, 0.25) is 0 Å². The third kappa shape index (κ3) is 9.73. The van der Waals surface area contributed by atoms with E-state index in [0.717, 1.165) is 87.6 Å². The highest BCUT2D eigenvalue weighted by molar-refractivity contribution is 8.00. The second-order valence-electron chi connectivity index (χ2n) is 16.9. The van der Waals surface area contributed by atoms with Crippen LogP contribution in [0.5, 0.6) is 17.2 Å². The Balaban J connectivity index is 1.40. The quantitative estimate of drug-likeness (QED) is 0.0547. The van der Waals surface area contributed by atoms with Crippen molar-refractivity contribution in [1.82, 2.24) is 0 Å². The van der Waals surface area contributed by atoms with Crippen LogP contribution in [0.1, 0.15) is 84.1 Å². The molecule has 4 aromatic carbocycles. The number of aliphatic hydroxyl groups is 2. The number of unbranched alkanes of at least 4 members (excludes halogenated alkanes) is 2. The Hall–Kier alpha value is -4.61. The molecule has 9 nitrogen and oxygen atoms in total. The predicted molar refractivity (Wildman–Crippen MR) is 236 cm³/mol. The maximum absolute atomic E-state index is 11.8. The minimum atomic E-state index is -1.13. The zero-order valence-corrected chi connectivity index (χ0v) is 35.5. The van der Waals surface area contributed by atoms with Gasteiger partial charge in [0.15, 0.2) is 0 Å². The Morgan fingerprint density at radius 3 is 2.37 bits per heavy atom. The first-order valence-corrected chi connectivity index (χ1v) is 21.9. The third-order valence-corrected chi connectivity index (χ3v) is 12.8. The number of anilines is 1. The Morgan fingerprint density at radius 2 is 1.66 bits per heavy atom. The molecule has 1 saturated carbocycles. The van der Waals surface area contributed by atoms with E-state index in [1.54, 1.807) is 17.8 Å². The molecule has 1 aliphatic heterocycles. The summed E-state index contributed by atoms with van der Waals surface area (Å²) < 4.78 is 21.1. The molecule has 1 heterocycles. The van der Waals surface area contributed by atoms with E-state index in [0.29, 0.717) is 12.8 Å². The fourth-order valence-corrected chi connectivity index (χ4v) is 10.3. The highest BCUT2D eigenvalue weighted by atomic mass is 32.2. The second-order valence-corrected chi connectivity index (χ2v) is 18.2. The van der Waals surface area contributed by atoms with Crippen LogP contribution < -0.4 is 14.8 Å². The van der Waals surface area contributed by atoms with Gasteiger partial charge in [-0.3, -0.25) is 4.79 Å². The molecular formula is C49H58N2O7S. The van der Waals surface area contributed by atoms with Gasteiger partial charge < -0.3 is 34.6 Å². The van der Waals surface area contributed by atoms with E-state index >= 15 is 0 Å². The number of allylic oxidation sites excluding steroid dienone is 1. The number of fused-ring (bicyclic) bond motifs is 3. The fourth-order valence-electron chi connectivity index (χ4n) is 9.03. The second kappa shape index (κ2) is 18.8. The van der Waals surface area contributed by atoms with Gasteiger partial charge in [-0.25, -0.2) is 0 Å². The molecule has 59 heavy (non-hydrogen) atoms. The third-order valence-electron chi connectivity index (χ3n) is 11.5. The van der Waals surface area contributed by atoms with Gasteiger partial charge in [-0.2, -0.15) is 0 Å². The first kappa shape index (κ1) is 42.5. The van der Waals surface area contributed by atoms with E-state index in [2.05, 4.69) is 48.3 Å². The van der Waals surface area contributed by atoms with Crippen LogP contribution in [0.3, 0.4) is 0 Å². The summed E-state index contributed by atoms with van der Waals surface area (Å²) in [5.41, 5.74) is 3.20. The standard InChI is InChI=1S/C49H58N2O7S/c1-6-27-55-49-45(59-39-22-18-36(19-23-39)50-32(2)54)31-43(51-58-48(3,4)5)41-29-35(15-9-11-25-52)40(16-10-12-26-53)46(47(41)49)42-30-38(21-24-44(42)57-49)56-37-20-17-33-13-7-8-14-34(33)28-37/h6-8,13-14,17-24,28-30,35,40,45-47,52-53H,1,9-12,15-16,25-27,31H2,2-5H3,(H,50,54)/t35-,40+,45-,46+,47+,49+/m0/s1. The molecule has 3 N–H and O–H groups in total. The number of oxime groups is 1. The van der Waals surface area contributed by atoms with E-state index in [4.69, 9.17) is 24.2 Å². The van der Waals surface area contributed by atoms with Gasteiger partial charge in [0.1, 0.15) is 22.8 Å². The number of benzene rings is 4. The Kier molecular flexibility index (Phi) is 13.5. The van der Waals surface area contributed by atoms with Gasteiger partial charge in [0.2, 0.25) is 11.7 Å². The van der Waals surface area contributed by atoms with Gasteiger partial charge in [0, 0.05) is 48.6 Å². The summed E-state index contributed by atoms with van der Waals surface area (Å²) >= 11 is 1.68. The summed E-state index contributed by atoms with van der Waals surface area (Å²) in [4.78, 5) is 19.1. The molecule has 0 saturated heterocycles. The van der Waals surface area contributed by atoms with Gasteiger partial charge in [-0.15, -0.1) is 18.3 Å². The number of carbonyl (C=O) groups excluding carboxylic acids is 1. The van der Waals surface area contributed by atoms with Gasteiger partial charge >= 0.3 is 0 Å². The lowest BCUT2D eigenvalue weighted by molar-refractivity contribution is -0.223. The van der Waals surface area contributed by atoms with Crippen molar-refractivity contribution in [3.05, 3.63) is 115 Å². The Morgan fingerprint density at radius 1 is 0.949 bits per heavy atom. The van der Waals surface area contributed by atoms with Crippen molar-refractivity contribution < 1.29 is 34.1 Å². The lowest BCUT2D eigenvalue weighted by atomic mass is 9.56. The molecule has 0 unspecified atom stereocenters. The minimum Gasteiger partial charge on any atom is -0.460 e. The topological polar surface area (TPSA) is 119 Å². The minimum absolute atomic E-state index is 0.0769. The van der Waals surface area contributed by atoms with Crippen LogP contribution in [0.25, 0.3) is 10.8 Å². The Labute approximate surface area is 352 Å². The molecule has 10 heteroatoms. The highest BCUT2D eigenvalue weighted by Gasteiger charge is 2.64. The molecule has 0 bridgehead atoms. The predicted octanol–water partition coefficient (Wildman–Crippen LogP) is 10.8. The normalized spacial score (nSPS) is 24.1. The number of carbonyl (C=O) groups is 1. The SMILES string of the molecule is C=CCO[C@@]12Oc3ccc(Oc4ccc5ccccc5c4)cc3[C@H]3[C@H](CCCCO)[C@@H](CCCCO)C=C(C(=NOC(C)(C)C)C[C@@H]1Sc1ccc(NC(C)=O)cc1)[C@H]32. The highest BCUT2D eigenvalue weighted by Crippen LogP contribution is 2.63. The van der Waals surface area contributed by atoms with E-state index in [1.807, 2.05) is 75.4 Å². The molecule has 312 valence electrons. The van der Waals surface area contributed by atoms with E-state index in [-0.39, 0.29) is 54.6 Å². The van der Waals surface area contributed by atoms with Crippen molar-refractivity contribution >= 4 is 39.8 Å². The zero-order chi connectivity index (χ0) is 41.6. The average Bonchev–Trinajstić information content (AvgIpc) is 3.21. The summed E-state index contributed by atoms with van der Waals surface area (Å²) in [5.74, 6) is 0.919. The van der Waals surface area contributed by atoms with Gasteiger partial charge in [-0.05, 0) is 129 Å². The number of ether oxygens (including phenoxy) is 3. The van der Waals surface area contributed by atoms with Crippen molar-refractivity contribution in [3.63, 3.8) is 0 Å². The van der Waals surface area contributed by atoms with Crippen LogP contribution in [-0.2, 0) is 14.4 Å². The van der Waals surface area contributed by atoms with Crippen LogP contribution in [0, 0.1) is 17.8 Å². The number of hydrogen-bond donors (Lipinski definition) is 3. The molecule has 0 spiro atoms. The molecule has 1 amide bonds. The van der Waals surface area contributed by atoms with Crippen LogP contribution in [-0.4, -0.2) is 58.3 Å². The monoisotopic (exact) mass is 818 g/mol. The number of thioether (sulfide) groups is 1. The van der Waals surface area contributed by atoms with Crippen molar-refractivity contribution in [3.8, 4) is 17.2 Å². The molecule has 2 aliphatic carbocycles.